The van der Waals surface area contributed by atoms with Gasteiger partial charge in [-0.25, -0.2) is 0 Å². The second kappa shape index (κ2) is 7.49. The maximum Gasteiger partial charge on any atom is 0.0417 e. The summed E-state index contributed by atoms with van der Waals surface area (Å²) in [6.07, 6.45) is 3.99. The molecule has 1 aliphatic heterocycles. The number of hydrogen-bond acceptors (Lipinski definition) is 2. The number of nitrogens with zero attached hydrogens (tertiary/aromatic N) is 1. The molecule has 1 heterocycles. The molecule has 0 atom stereocenters. The minimum absolute atomic E-state index is 0.777. The zero-order valence-corrected chi connectivity index (χ0v) is 12.9. The third kappa shape index (κ3) is 4.54. The fourth-order valence-electron chi connectivity index (χ4n) is 2.32. The Morgan fingerprint density at radius 2 is 2.06 bits per heavy atom. The first-order chi connectivity index (χ1) is 8.75. The van der Waals surface area contributed by atoms with Gasteiger partial charge in [-0.2, -0.15) is 0 Å². The average molecular weight is 332 g/mol. The molecule has 1 aromatic rings. The Bertz CT molecular complexity index is 378. The Hall–Kier alpha value is -0.0900. The molecule has 18 heavy (non-hydrogen) atoms. The van der Waals surface area contributed by atoms with Crippen LogP contribution >= 0.6 is 27.5 Å². The van der Waals surface area contributed by atoms with Crippen LogP contribution in [0.15, 0.2) is 22.7 Å². The molecule has 0 radical (unpaired) electrons. The maximum atomic E-state index is 5.92. The van der Waals surface area contributed by atoms with Crippen molar-refractivity contribution < 1.29 is 0 Å². The lowest BCUT2D eigenvalue weighted by Crippen LogP contribution is -2.24. The topological polar surface area (TPSA) is 15.3 Å². The highest BCUT2D eigenvalue weighted by molar-refractivity contribution is 9.10. The fourth-order valence-corrected chi connectivity index (χ4v) is 3.14. The average Bonchev–Trinajstić information content (AvgIpc) is 2.84. The van der Waals surface area contributed by atoms with Crippen molar-refractivity contribution in [1.82, 2.24) is 10.2 Å². The van der Waals surface area contributed by atoms with Crippen LogP contribution in [-0.4, -0.2) is 31.1 Å². The summed E-state index contributed by atoms with van der Waals surface area (Å²) in [5.41, 5.74) is 1.26. The Morgan fingerprint density at radius 3 is 2.78 bits per heavy atom. The zero-order valence-electron chi connectivity index (χ0n) is 10.6. The van der Waals surface area contributed by atoms with Crippen molar-refractivity contribution in [3.05, 3.63) is 33.3 Å². The van der Waals surface area contributed by atoms with Crippen LogP contribution in [0.25, 0.3) is 0 Å². The molecule has 0 bridgehead atoms. The number of likely N-dealkylation sites (tertiary alicyclic amines) is 1. The molecule has 1 N–H and O–H groups in total. The molecule has 0 amide bonds. The summed E-state index contributed by atoms with van der Waals surface area (Å²) in [7, 11) is 0. The monoisotopic (exact) mass is 330 g/mol. The van der Waals surface area contributed by atoms with E-state index in [0.717, 1.165) is 22.6 Å². The van der Waals surface area contributed by atoms with Crippen molar-refractivity contribution in [1.29, 1.82) is 0 Å². The largest absolute Gasteiger partial charge is 0.313 e. The van der Waals surface area contributed by atoms with Crippen LogP contribution in [0.5, 0.6) is 0 Å². The van der Waals surface area contributed by atoms with Crippen LogP contribution in [-0.2, 0) is 6.54 Å². The summed E-state index contributed by atoms with van der Waals surface area (Å²) in [5, 5.41) is 4.26. The lowest BCUT2D eigenvalue weighted by atomic mass is 10.2. The second-order valence-corrected chi connectivity index (χ2v) is 6.11. The van der Waals surface area contributed by atoms with E-state index in [2.05, 4.69) is 32.2 Å². The second-order valence-electron chi connectivity index (χ2n) is 4.81. The predicted molar refractivity (Wildman–Crippen MR) is 81.1 cm³/mol. The van der Waals surface area contributed by atoms with Crippen molar-refractivity contribution in [3.63, 3.8) is 0 Å². The molecule has 0 aliphatic carbocycles. The van der Waals surface area contributed by atoms with E-state index >= 15 is 0 Å². The molecule has 1 aliphatic rings. The summed E-state index contributed by atoms with van der Waals surface area (Å²) in [6.45, 7) is 5.80. The molecule has 2 nitrogen and oxygen atoms in total. The molecule has 0 saturated carbocycles. The van der Waals surface area contributed by atoms with Gasteiger partial charge in [-0.3, -0.25) is 0 Å². The SMILES string of the molecule is Clc1ccc(CNCCCN2CCCC2)c(Br)c1. The highest BCUT2D eigenvalue weighted by Crippen LogP contribution is 2.21. The molecule has 2 rings (SSSR count). The predicted octanol–water partition coefficient (Wildman–Crippen LogP) is 3.68. The minimum Gasteiger partial charge on any atom is -0.313 e. The minimum atomic E-state index is 0.777. The zero-order chi connectivity index (χ0) is 12.8. The first-order valence-electron chi connectivity index (χ1n) is 6.63. The van der Waals surface area contributed by atoms with Crippen molar-refractivity contribution >= 4 is 27.5 Å². The highest BCUT2D eigenvalue weighted by Gasteiger charge is 2.09. The molecule has 100 valence electrons. The molecule has 1 fully saturated rings. The lowest BCUT2D eigenvalue weighted by Gasteiger charge is -2.14. The fraction of sp³-hybridized carbons (Fsp3) is 0.571. The normalized spacial score (nSPS) is 16.3. The van der Waals surface area contributed by atoms with Crippen LogP contribution in [0.3, 0.4) is 0 Å². The van der Waals surface area contributed by atoms with E-state index in [9.17, 15) is 0 Å². The Morgan fingerprint density at radius 1 is 1.28 bits per heavy atom. The number of hydrogen-bond donors (Lipinski definition) is 1. The molecule has 0 aromatic heterocycles. The summed E-state index contributed by atoms with van der Waals surface area (Å²) in [6, 6.07) is 5.95. The van der Waals surface area contributed by atoms with Gasteiger partial charge in [-0.05, 0) is 63.1 Å². The van der Waals surface area contributed by atoms with E-state index in [0.29, 0.717) is 0 Å². The first kappa shape index (κ1) is 14.3. The summed E-state index contributed by atoms with van der Waals surface area (Å²) < 4.78 is 1.09. The van der Waals surface area contributed by atoms with Gasteiger partial charge in [0, 0.05) is 16.0 Å². The molecule has 0 unspecified atom stereocenters. The van der Waals surface area contributed by atoms with Crippen LogP contribution in [0.1, 0.15) is 24.8 Å². The van der Waals surface area contributed by atoms with Crippen LogP contribution in [0, 0.1) is 0 Å². The van der Waals surface area contributed by atoms with E-state index in [4.69, 9.17) is 11.6 Å². The van der Waals surface area contributed by atoms with Gasteiger partial charge >= 0.3 is 0 Å². The molecule has 4 heteroatoms. The number of benzene rings is 1. The molecule has 1 aromatic carbocycles. The van der Waals surface area contributed by atoms with E-state index in [1.54, 1.807) is 0 Å². The summed E-state index contributed by atoms with van der Waals surface area (Å²) in [5.74, 6) is 0. The third-order valence-electron chi connectivity index (χ3n) is 3.36. The summed E-state index contributed by atoms with van der Waals surface area (Å²) >= 11 is 9.45. The Balaban J connectivity index is 1.62. The number of rotatable bonds is 6. The number of nitrogens with one attached hydrogen (secondary N) is 1. The van der Waals surface area contributed by atoms with Gasteiger partial charge in [-0.1, -0.05) is 33.6 Å². The van der Waals surface area contributed by atoms with E-state index in [1.807, 2.05) is 12.1 Å². The molecular weight excluding hydrogens is 312 g/mol. The molecular formula is C14H20BrClN2. The van der Waals surface area contributed by atoms with Gasteiger partial charge in [0.1, 0.15) is 0 Å². The van der Waals surface area contributed by atoms with Crippen molar-refractivity contribution in [3.8, 4) is 0 Å². The smallest absolute Gasteiger partial charge is 0.0417 e. The van der Waals surface area contributed by atoms with E-state index < -0.39 is 0 Å². The summed E-state index contributed by atoms with van der Waals surface area (Å²) in [4.78, 5) is 2.56. The van der Waals surface area contributed by atoms with Gasteiger partial charge in [-0.15, -0.1) is 0 Å². The van der Waals surface area contributed by atoms with Crippen molar-refractivity contribution in [2.75, 3.05) is 26.2 Å². The van der Waals surface area contributed by atoms with Gasteiger partial charge < -0.3 is 10.2 Å². The van der Waals surface area contributed by atoms with Crippen LogP contribution in [0.2, 0.25) is 5.02 Å². The van der Waals surface area contributed by atoms with Gasteiger partial charge in [0.25, 0.3) is 0 Å². The Labute approximate surface area is 123 Å². The van der Waals surface area contributed by atoms with Gasteiger partial charge in [0.15, 0.2) is 0 Å². The van der Waals surface area contributed by atoms with E-state index in [1.165, 1.54) is 44.5 Å². The number of halogens is 2. The van der Waals surface area contributed by atoms with E-state index in [-0.39, 0.29) is 0 Å². The third-order valence-corrected chi connectivity index (χ3v) is 4.33. The quantitative estimate of drug-likeness (QED) is 0.800. The Kier molecular flexibility index (Phi) is 5.96. The van der Waals surface area contributed by atoms with Crippen molar-refractivity contribution in [2.24, 2.45) is 0 Å². The van der Waals surface area contributed by atoms with Crippen LogP contribution < -0.4 is 5.32 Å². The standard InChI is InChI=1S/C14H20BrClN2/c15-14-10-13(16)5-4-12(14)11-17-6-3-9-18-7-1-2-8-18/h4-5,10,17H,1-3,6-9,11H2. The van der Waals surface area contributed by atoms with Gasteiger partial charge in [0.2, 0.25) is 0 Å². The maximum absolute atomic E-state index is 5.92. The van der Waals surface area contributed by atoms with Gasteiger partial charge in [0.05, 0.1) is 0 Å². The first-order valence-corrected chi connectivity index (χ1v) is 7.80. The molecule has 1 saturated heterocycles. The highest BCUT2D eigenvalue weighted by atomic mass is 79.9. The van der Waals surface area contributed by atoms with Crippen LogP contribution in [0.4, 0.5) is 0 Å². The van der Waals surface area contributed by atoms with Crippen molar-refractivity contribution in [2.45, 2.75) is 25.8 Å². The molecule has 0 spiro atoms. The lowest BCUT2D eigenvalue weighted by molar-refractivity contribution is 0.331.